The van der Waals surface area contributed by atoms with Crippen LogP contribution in [0.5, 0.6) is 0 Å². The molecule has 0 saturated carbocycles. The normalized spacial score (nSPS) is 21.0. The molecule has 1 N–H and O–H groups in total. The summed E-state index contributed by atoms with van der Waals surface area (Å²) in [6.45, 7) is 7.08. The number of carbonyl (C=O) groups is 1. The van der Waals surface area contributed by atoms with Crippen LogP contribution in [-0.4, -0.2) is 59.5 Å². The molecule has 0 spiro atoms. The third kappa shape index (κ3) is 4.27. The number of hydrogen-bond donors (Lipinski definition) is 1. The lowest BCUT2D eigenvalue weighted by Crippen LogP contribution is -2.42. The van der Waals surface area contributed by atoms with Crippen molar-refractivity contribution in [3.63, 3.8) is 0 Å². The van der Waals surface area contributed by atoms with Gasteiger partial charge in [-0.05, 0) is 63.8 Å². The van der Waals surface area contributed by atoms with Gasteiger partial charge in [0.25, 0.3) is 5.91 Å². The van der Waals surface area contributed by atoms with Gasteiger partial charge in [-0.3, -0.25) is 9.69 Å². The average Bonchev–Trinajstić information content (AvgIpc) is 2.75. The van der Waals surface area contributed by atoms with E-state index in [9.17, 15) is 4.79 Å². The van der Waals surface area contributed by atoms with Crippen molar-refractivity contribution in [3.05, 3.63) is 30.1 Å². The lowest BCUT2D eigenvalue weighted by Gasteiger charge is -2.33. The van der Waals surface area contributed by atoms with Crippen LogP contribution in [0.3, 0.4) is 0 Å². The van der Waals surface area contributed by atoms with Crippen molar-refractivity contribution in [1.82, 2.24) is 20.2 Å². The maximum atomic E-state index is 12.7. The Morgan fingerprint density at radius 1 is 1.11 bits per heavy atom. The van der Waals surface area contributed by atoms with Crippen LogP contribution in [0, 0.1) is 0 Å². The highest BCUT2D eigenvalue weighted by Crippen LogP contribution is 2.26. The Kier molecular flexibility index (Phi) is 6.05. The van der Waals surface area contributed by atoms with Crippen molar-refractivity contribution in [2.45, 2.75) is 51.5 Å². The molecular weight excluding hydrogens is 350 g/mol. The van der Waals surface area contributed by atoms with E-state index >= 15 is 0 Å². The second-order valence-corrected chi connectivity index (χ2v) is 8.11. The number of nitrogens with zero attached hydrogens (tertiary/aromatic N) is 4. The monoisotopic (exact) mass is 381 g/mol. The molecule has 2 aliphatic rings. The van der Waals surface area contributed by atoms with Gasteiger partial charge in [0.15, 0.2) is 0 Å². The van der Waals surface area contributed by atoms with Gasteiger partial charge in [0.2, 0.25) is 0 Å². The Hall–Kier alpha value is -2.21. The molecule has 6 heteroatoms. The van der Waals surface area contributed by atoms with Crippen LogP contribution in [0.4, 0.5) is 5.82 Å². The summed E-state index contributed by atoms with van der Waals surface area (Å²) in [6, 6.07) is 6.38. The highest BCUT2D eigenvalue weighted by Gasteiger charge is 2.19. The summed E-state index contributed by atoms with van der Waals surface area (Å²) in [5.74, 6) is 0.946. The van der Waals surface area contributed by atoms with Gasteiger partial charge in [-0.2, -0.15) is 0 Å². The Morgan fingerprint density at radius 2 is 1.93 bits per heavy atom. The summed E-state index contributed by atoms with van der Waals surface area (Å²) >= 11 is 0. The maximum Gasteiger partial charge on any atom is 0.251 e. The molecule has 2 aromatic rings. The molecular formula is C22H31N5O. The average molecular weight is 382 g/mol. The van der Waals surface area contributed by atoms with Crippen molar-refractivity contribution in [2.24, 2.45) is 0 Å². The largest absolute Gasteiger partial charge is 0.356 e. The molecule has 0 aliphatic carbocycles. The summed E-state index contributed by atoms with van der Waals surface area (Å²) in [5, 5.41) is 4.07. The first-order valence-corrected chi connectivity index (χ1v) is 10.7. The second-order valence-electron chi connectivity index (χ2n) is 8.11. The molecule has 1 aromatic heterocycles. The van der Waals surface area contributed by atoms with E-state index in [1.165, 1.54) is 38.5 Å². The number of aromatic nitrogens is 2. The smallest absolute Gasteiger partial charge is 0.251 e. The molecule has 2 fully saturated rings. The molecule has 2 aliphatic heterocycles. The number of fused-ring (bicyclic) bond motifs is 1. The lowest BCUT2D eigenvalue weighted by molar-refractivity contribution is 0.0938. The van der Waals surface area contributed by atoms with Crippen LogP contribution in [-0.2, 0) is 0 Å². The van der Waals surface area contributed by atoms with Crippen molar-refractivity contribution in [1.29, 1.82) is 0 Å². The fourth-order valence-corrected chi connectivity index (χ4v) is 4.45. The Labute approximate surface area is 167 Å². The van der Waals surface area contributed by atoms with Gasteiger partial charge >= 0.3 is 0 Å². The summed E-state index contributed by atoms with van der Waals surface area (Å²) in [4.78, 5) is 26.5. The standard InChI is InChI=1S/C22H31N5O/c1-17-7-3-6-11-26(17)14-10-23-22(28)18-8-9-20-19(15-18)21(25-16-24-20)27-12-4-2-5-13-27/h8-9,15-17H,2-7,10-14H2,1H3,(H,23,28). The van der Waals surface area contributed by atoms with E-state index in [1.807, 2.05) is 18.2 Å². The molecule has 28 heavy (non-hydrogen) atoms. The number of rotatable bonds is 5. The molecule has 3 heterocycles. The van der Waals surface area contributed by atoms with E-state index in [2.05, 4.69) is 32.0 Å². The number of nitrogens with one attached hydrogen (secondary N) is 1. The van der Waals surface area contributed by atoms with Gasteiger partial charge in [0.05, 0.1) is 5.52 Å². The minimum absolute atomic E-state index is 0.0139. The fraction of sp³-hybridized carbons (Fsp3) is 0.591. The molecule has 6 nitrogen and oxygen atoms in total. The zero-order valence-electron chi connectivity index (χ0n) is 16.9. The number of carbonyl (C=O) groups excluding carboxylic acids is 1. The Bertz CT molecular complexity index is 818. The predicted molar refractivity (Wildman–Crippen MR) is 113 cm³/mol. The molecule has 1 amide bonds. The molecule has 0 bridgehead atoms. The van der Waals surface area contributed by atoms with Crippen LogP contribution in [0.1, 0.15) is 55.8 Å². The van der Waals surface area contributed by atoms with Crippen LogP contribution >= 0.6 is 0 Å². The zero-order valence-corrected chi connectivity index (χ0v) is 16.9. The van der Waals surface area contributed by atoms with Crippen molar-refractivity contribution >= 4 is 22.6 Å². The quantitative estimate of drug-likeness (QED) is 0.862. The minimum atomic E-state index is -0.0139. The Morgan fingerprint density at radius 3 is 2.75 bits per heavy atom. The van der Waals surface area contributed by atoms with Crippen molar-refractivity contribution in [3.8, 4) is 0 Å². The summed E-state index contributed by atoms with van der Waals surface area (Å²) in [5.41, 5.74) is 1.58. The van der Waals surface area contributed by atoms with E-state index in [4.69, 9.17) is 0 Å². The van der Waals surface area contributed by atoms with E-state index in [-0.39, 0.29) is 5.91 Å². The first kappa shape index (κ1) is 19.1. The van der Waals surface area contributed by atoms with Crippen LogP contribution < -0.4 is 10.2 Å². The van der Waals surface area contributed by atoms with Crippen molar-refractivity contribution in [2.75, 3.05) is 37.6 Å². The molecule has 1 aromatic carbocycles. The molecule has 2 saturated heterocycles. The summed E-state index contributed by atoms with van der Waals surface area (Å²) < 4.78 is 0. The molecule has 1 unspecified atom stereocenters. The van der Waals surface area contributed by atoms with Gasteiger partial charge in [0, 0.05) is 43.2 Å². The third-order valence-corrected chi connectivity index (χ3v) is 6.16. The molecule has 150 valence electrons. The summed E-state index contributed by atoms with van der Waals surface area (Å²) in [7, 11) is 0. The van der Waals surface area contributed by atoms with Gasteiger partial charge in [0.1, 0.15) is 12.1 Å². The van der Waals surface area contributed by atoms with Gasteiger partial charge in [-0.25, -0.2) is 9.97 Å². The van der Waals surface area contributed by atoms with Crippen LogP contribution in [0.15, 0.2) is 24.5 Å². The predicted octanol–water partition coefficient (Wildman–Crippen LogP) is 3.22. The minimum Gasteiger partial charge on any atom is -0.356 e. The SMILES string of the molecule is CC1CCCCN1CCNC(=O)c1ccc2ncnc(N3CCCCC3)c2c1. The van der Waals surface area contributed by atoms with Crippen LogP contribution in [0.2, 0.25) is 0 Å². The number of anilines is 1. The first-order chi connectivity index (χ1) is 13.7. The third-order valence-electron chi connectivity index (χ3n) is 6.16. The van der Waals surface area contributed by atoms with Gasteiger partial charge in [-0.1, -0.05) is 6.42 Å². The van der Waals surface area contributed by atoms with Crippen molar-refractivity contribution < 1.29 is 4.79 Å². The number of benzene rings is 1. The van der Waals surface area contributed by atoms with E-state index in [0.717, 1.165) is 42.9 Å². The van der Waals surface area contributed by atoms with Gasteiger partial charge in [-0.15, -0.1) is 0 Å². The maximum absolute atomic E-state index is 12.7. The molecule has 1 atom stereocenters. The highest BCUT2D eigenvalue weighted by molar-refractivity contribution is 6.00. The Balaban J connectivity index is 1.45. The second kappa shape index (κ2) is 8.86. The first-order valence-electron chi connectivity index (χ1n) is 10.7. The van der Waals surface area contributed by atoms with Crippen LogP contribution in [0.25, 0.3) is 10.9 Å². The summed E-state index contributed by atoms with van der Waals surface area (Å²) in [6.07, 6.45) is 9.15. The number of amides is 1. The molecule has 4 rings (SSSR count). The number of piperidine rings is 2. The lowest BCUT2D eigenvalue weighted by atomic mass is 10.0. The van der Waals surface area contributed by atoms with Gasteiger partial charge < -0.3 is 10.2 Å². The van der Waals surface area contributed by atoms with E-state index in [1.54, 1.807) is 6.33 Å². The van der Waals surface area contributed by atoms with E-state index < -0.39 is 0 Å². The van der Waals surface area contributed by atoms with E-state index in [0.29, 0.717) is 18.2 Å². The molecule has 0 radical (unpaired) electrons. The topological polar surface area (TPSA) is 61.4 Å². The zero-order chi connectivity index (χ0) is 19.3. The number of likely N-dealkylation sites (tertiary alicyclic amines) is 1. The highest BCUT2D eigenvalue weighted by atomic mass is 16.1. The fourth-order valence-electron chi connectivity index (χ4n) is 4.45. The number of hydrogen-bond acceptors (Lipinski definition) is 5.